The van der Waals surface area contributed by atoms with E-state index in [2.05, 4.69) is 26.0 Å². The summed E-state index contributed by atoms with van der Waals surface area (Å²) < 4.78 is 0. The van der Waals surface area contributed by atoms with Crippen molar-refractivity contribution in [2.75, 3.05) is 19.0 Å². The van der Waals surface area contributed by atoms with E-state index in [4.69, 9.17) is 0 Å². The average Bonchev–Trinajstić information content (AvgIpc) is 2.38. The number of carboxylic acids is 1. The van der Waals surface area contributed by atoms with Crippen molar-refractivity contribution in [2.45, 2.75) is 45.4 Å². The molecule has 0 heterocycles. The van der Waals surface area contributed by atoms with Crippen LogP contribution in [0.1, 0.15) is 56.6 Å². The molecule has 0 aliphatic carbocycles. The summed E-state index contributed by atoms with van der Waals surface area (Å²) in [6, 6.07) is 6.19. The second-order valence-electron chi connectivity index (χ2n) is 5.32. The van der Waals surface area contributed by atoms with Gasteiger partial charge in [0.15, 0.2) is 0 Å². The van der Waals surface area contributed by atoms with Gasteiger partial charge in [0.05, 0.1) is 5.92 Å². The van der Waals surface area contributed by atoms with Crippen LogP contribution in [0.4, 0.5) is 5.69 Å². The zero-order chi connectivity index (χ0) is 14.6. The van der Waals surface area contributed by atoms with Crippen molar-refractivity contribution in [3.8, 4) is 0 Å². The summed E-state index contributed by atoms with van der Waals surface area (Å²) in [5.41, 5.74) is 3.20. The van der Waals surface area contributed by atoms with Crippen LogP contribution in [0.5, 0.6) is 0 Å². The molecule has 3 nitrogen and oxygen atoms in total. The number of hydrogen-bond acceptors (Lipinski definition) is 2. The molecule has 0 radical (unpaired) electrons. The molecular formula is C16H25NO2. The zero-order valence-electron chi connectivity index (χ0n) is 12.6. The van der Waals surface area contributed by atoms with Crippen LogP contribution in [-0.2, 0) is 4.79 Å². The maximum atomic E-state index is 11.4. The van der Waals surface area contributed by atoms with Gasteiger partial charge in [0.2, 0.25) is 0 Å². The van der Waals surface area contributed by atoms with Gasteiger partial charge in [-0.15, -0.1) is 0 Å². The number of benzene rings is 1. The Morgan fingerprint density at radius 2 is 1.89 bits per heavy atom. The van der Waals surface area contributed by atoms with E-state index >= 15 is 0 Å². The number of aliphatic carboxylic acids is 1. The summed E-state index contributed by atoms with van der Waals surface area (Å²) in [6.07, 6.45) is 1.70. The number of hydrogen-bond donors (Lipinski definition) is 1. The number of anilines is 1. The van der Waals surface area contributed by atoms with E-state index in [-0.39, 0.29) is 0 Å². The van der Waals surface area contributed by atoms with Crippen molar-refractivity contribution in [3.63, 3.8) is 0 Å². The van der Waals surface area contributed by atoms with Crippen LogP contribution in [0.2, 0.25) is 0 Å². The topological polar surface area (TPSA) is 40.5 Å². The standard InChI is InChI=1S/C16H25NO2/c1-6-11(3)12-8-9-14(13(7-2)16(18)19)15(10-12)17(4)5/h8-11,13H,6-7H2,1-5H3,(H,18,19). The Morgan fingerprint density at radius 3 is 2.32 bits per heavy atom. The van der Waals surface area contributed by atoms with E-state index in [0.29, 0.717) is 12.3 Å². The molecule has 2 atom stereocenters. The van der Waals surface area contributed by atoms with Crippen LogP contribution >= 0.6 is 0 Å². The summed E-state index contributed by atoms with van der Waals surface area (Å²) in [4.78, 5) is 13.4. The highest BCUT2D eigenvalue weighted by Gasteiger charge is 2.22. The van der Waals surface area contributed by atoms with Crippen LogP contribution in [0.3, 0.4) is 0 Å². The Bertz CT molecular complexity index is 440. The predicted octanol–water partition coefficient (Wildman–Crippen LogP) is 3.84. The van der Waals surface area contributed by atoms with Gasteiger partial charge in [-0.2, -0.15) is 0 Å². The quantitative estimate of drug-likeness (QED) is 0.847. The third-order valence-electron chi connectivity index (χ3n) is 3.80. The molecular weight excluding hydrogens is 238 g/mol. The molecule has 0 fully saturated rings. The van der Waals surface area contributed by atoms with Gasteiger partial charge in [0.25, 0.3) is 0 Å². The maximum Gasteiger partial charge on any atom is 0.311 e. The SMILES string of the molecule is CCC(C)c1ccc(C(CC)C(=O)O)c(N(C)C)c1. The highest BCUT2D eigenvalue weighted by Crippen LogP contribution is 2.32. The molecule has 0 aliphatic heterocycles. The monoisotopic (exact) mass is 263 g/mol. The van der Waals surface area contributed by atoms with E-state index < -0.39 is 11.9 Å². The van der Waals surface area contributed by atoms with Crippen LogP contribution in [0, 0.1) is 0 Å². The van der Waals surface area contributed by atoms with Gasteiger partial charge in [0.1, 0.15) is 0 Å². The molecule has 1 N–H and O–H groups in total. The normalized spacial score (nSPS) is 13.9. The summed E-state index contributed by atoms with van der Waals surface area (Å²) >= 11 is 0. The van der Waals surface area contributed by atoms with Gasteiger partial charge in [-0.05, 0) is 36.0 Å². The highest BCUT2D eigenvalue weighted by molar-refractivity contribution is 5.79. The lowest BCUT2D eigenvalue weighted by Gasteiger charge is -2.23. The van der Waals surface area contributed by atoms with Gasteiger partial charge in [-0.25, -0.2) is 0 Å². The summed E-state index contributed by atoms with van der Waals surface area (Å²) in [5.74, 6) is -0.678. The van der Waals surface area contributed by atoms with Crippen molar-refractivity contribution in [2.24, 2.45) is 0 Å². The molecule has 0 bridgehead atoms. The minimum atomic E-state index is -0.748. The van der Waals surface area contributed by atoms with Crippen molar-refractivity contribution in [1.29, 1.82) is 0 Å². The molecule has 0 spiro atoms. The van der Waals surface area contributed by atoms with Crippen molar-refractivity contribution in [3.05, 3.63) is 29.3 Å². The minimum absolute atomic E-state index is 0.427. The summed E-state index contributed by atoms with van der Waals surface area (Å²) in [6.45, 7) is 6.28. The van der Waals surface area contributed by atoms with Gasteiger partial charge >= 0.3 is 5.97 Å². The molecule has 1 aromatic rings. The fourth-order valence-corrected chi connectivity index (χ4v) is 2.31. The van der Waals surface area contributed by atoms with E-state index in [1.807, 2.05) is 32.0 Å². The Balaban J connectivity index is 3.29. The molecule has 2 unspecified atom stereocenters. The Morgan fingerprint density at radius 1 is 1.26 bits per heavy atom. The molecule has 3 heteroatoms. The first-order valence-electron chi connectivity index (χ1n) is 6.96. The molecule has 0 saturated carbocycles. The summed E-state index contributed by atoms with van der Waals surface area (Å²) in [7, 11) is 3.93. The molecule has 19 heavy (non-hydrogen) atoms. The Labute approximate surface area is 116 Å². The third kappa shape index (κ3) is 3.49. The molecule has 0 saturated heterocycles. The summed E-state index contributed by atoms with van der Waals surface area (Å²) in [5, 5.41) is 9.34. The molecule has 0 amide bonds. The van der Waals surface area contributed by atoms with Gasteiger partial charge < -0.3 is 10.0 Å². The van der Waals surface area contributed by atoms with Crippen LogP contribution < -0.4 is 4.90 Å². The first-order valence-corrected chi connectivity index (χ1v) is 6.96. The van der Waals surface area contributed by atoms with Crippen molar-refractivity contribution < 1.29 is 9.90 Å². The third-order valence-corrected chi connectivity index (χ3v) is 3.80. The van der Waals surface area contributed by atoms with Gasteiger partial charge in [0, 0.05) is 19.8 Å². The van der Waals surface area contributed by atoms with Crippen LogP contribution in [0.25, 0.3) is 0 Å². The van der Waals surface area contributed by atoms with E-state index in [1.165, 1.54) is 5.56 Å². The first kappa shape index (κ1) is 15.5. The van der Waals surface area contributed by atoms with Crippen molar-refractivity contribution >= 4 is 11.7 Å². The van der Waals surface area contributed by atoms with Crippen LogP contribution in [-0.4, -0.2) is 25.2 Å². The largest absolute Gasteiger partial charge is 0.481 e. The second-order valence-corrected chi connectivity index (χ2v) is 5.32. The van der Waals surface area contributed by atoms with E-state index in [1.54, 1.807) is 0 Å². The Hall–Kier alpha value is -1.51. The van der Waals surface area contributed by atoms with Gasteiger partial charge in [-0.1, -0.05) is 32.9 Å². The van der Waals surface area contributed by atoms with E-state index in [9.17, 15) is 9.90 Å². The molecule has 0 aromatic heterocycles. The molecule has 0 aliphatic rings. The average molecular weight is 263 g/mol. The molecule has 1 rings (SSSR count). The fraction of sp³-hybridized carbons (Fsp3) is 0.562. The second kappa shape index (κ2) is 6.60. The lowest BCUT2D eigenvalue weighted by molar-refractivity contribution is -0.138. The smallest absolute Gasteiger partial charge is 0.311 e. The van der Waals surface area contributed by atoms with Gasteiger partial charge in [-0.3, -0.25) is 4.79 Å². The van der Waals surface area contributed by atoms with Crippen LogP contribution in [0.15, 0.2) is 18.2 Å². The Kier molecular flexibility index (Phi) is 5.40. The first-order chi connectivity index (χ1) is 8.92. The lowest BCUT2D eigenvalue weighted by Crippen LogP contribution is -2.18. The minimum Gasteiger partial charge on any atom is -0.481 e. The fourth-order valence-electron chi connectivity index (χ4n) is 2.31. The molecule has 1 aromatic carbocycles. The maximum absolute atomic E-state index is 11.4. The lowest BCUT2D eigenvalue weighted by atomic mass is 9.90. The zero-order valence-corrected chi connectivity index (χ0v) is 12.6. The highest BCUT2D eigenvalue weighted by atomic mass is 16.4. The predicted molar refractivity (Wildman–Crippen MR) is 80.1 cm³/mol. The van der Waals surface area contributed by atoms with E-state index in [0.717, 1.165) is 17.7 Å². The number of carboxylic acid groups (broad SMARTS) is 1. The van der Waals surface area contributed by atoms with Crippen molar-refractivity contribution in [1.82, 2.24) is 0 Å². The number of carbonyl (C=O) groups is 1. The number of rotatable bonds is 6. The molecule has 106 valence electrons. The number of nitrogens with zero attached hydrogens (tertiary/aromatic N) is 1.